The Balaban J connectivity index is 2.31. The van der Waals surface area contributed by atoms with Crippen molar-refractivity contribution in [1.29, 1.82) is 5.26 Å². The zero-order valence-corrected chi connectivity index (χ0v) is 16.2. The third-order valence-corrected chi connectivity index (χ3v) is 5.04. The lowest BCUT2D eigenvalue weighted by molar-refractivity contribution is -0.153. The van der Waals surface area contributed by atoms with Gasteiger partial charge in [0.1, 0.15) is 0 Å². The van der Waals surface area contributed by atoms with E-state index in [0.29, 0.717) is 11.1 Å². The molecule has 146 valence electrons. The van der Waals surface area contributed by atoms with E-state index in [0.717, 1.165) is 7.11 Å². The quantitative estimate of drug-likeness (QED) is 0.441. The molecule has 1 aliphatic rings. The van der Waals surface area contributed by atoms with Gasteiger partial charge >= 0.3 is 5.97 Å². The summed E-state index contributed by atoms with van der Waals surface area (Å²) in [6.07, 6.45) is 0. The van der Waals surface area contributed by atoms with Crippen molar-refractivity contribution < 1.29 is 19.1 Å². The van der Waals surface area contributed by atoms with E-state index in [1.54, 1.807) is 60.7 Å². The summed E-state index contributed by atoms with van der Waals surface area (Å²) in [5.74, 6) is -4.96. The van der Waals surface area contributed by atoms with E-state index in [-0.39, 0.29) is 5.11 Å². The number of carbonyl (C=O) groups excluding carboxylic acids is 3. The first-order chi connectivity index (χ1) is 14.0. The number of ketones is 1. The lowest BCUT2D eigenvalue weighted by atomic mass is 9.67. The molecule has 8 heteroatoms. The number of esters is 1. The van der Waals surface area contributed by atoms with Crippen molar-refractivity contribution in [1.82, 2.24) is 10.6 Å². The maximum atomic E-state index is 13.6. The van der Waals surface area contributed by atoms with E-state index < -0.39 is 35.0 Å². The van der Waals surface area contributed by atoms with Gasteiger partial charge in [0.05, 0.1) is 19.1 Å². The van der Waals surface area contributed by atoms with Crippen LogP contribution in [0.5, 0.6) is 0 Å². The average molecular weight is 407 g/mol. The summed E-state index contributed by atoms with van der Waals surface area (Å²) in [5, 5.41) is 14.7. The topological polar surface area (TPSA) is 108 Å². The van der Waals surface area contributed by atoms with Crippen molar-refractivity contribution in [2.75, 3.05) is 7.11 Å². The number of rotatable bonds is 5. The first kappa shape index (κ1) is 20.2. The molecule has 1 heterocycles. The number of nitriles is 1. The molecule has 1 aliphatic heterocycles. The van der Waals surface area contributed by atoms with Gasteiger partial charge in [0, 0.05) is 5.56 Å². The average Bonchev–Trinajstić information content (AvgIpc) is 2.74. The highest BCUT2D eigenvalue weighted by Gasteiger charge is 2.61. The van der Waals surface area contributed by atoms with Crippen LogP contribution in [-0.4, -0.2) is 35.4 Å². The van der Waals surface area contributed by atoms with Crippen molar-refractivity contribution >= 4 is 35.0 Å². The summed E-state index contributed by atoms with van der Waals surface area (Å²) in [7, 11) is 1.13. The Morgan fingerprint density at radius 3 is 2.28 bits per heavy atom. The van der Waals surface area contributed by atoms with Crippen LogP contribution < -0.4 is 10.6 Å². The minimum Gasteiger partial charge on any atom is -0.467 e. The maximum Gasteiger partial charge on any atom is 0.334 e. The van der Waals surface area contributed by atoms with Crippen LogP contribution in [0.4, 0.5) is 0 Å². The van der Waals surface area contributed by atoms with E-state index in [1.807, 2.05) is 6.07 Å². The SMILES string of the molecule is COC(=O)[C@]1([C@H](C(=O)c2ccccc2)c2ccccc2)NC(=S)NC(=O)[C@@H]1C#N. The number of ether oxygens (including phenoxy) is 1. The first-order valence-corrected chi connectivity index (χ1v) is 9.11. The van der Waals surface area contributed by atoms with E-state index in [9.17, 15) is 19.6 Å². The van der Waals surface area contributed by atoms with Gasteiger partial charge in [0.15, 0.2) is 22.4 Å². The molecular formula is C21H17N3O4S. The molecule has 2 aromatic carbocycles. The molecule has 0 unspecified atom stereocenters. The Kier molecular flexibility index (Phi) is 5.71. The van der Waals surface area contributed by atoms with Gasteiger partial charge in [-0.1, -0.05) is 60.7 Å². The third-order valence-electron chi connectivity index (χ3n) is 4.84. The predicted octanol–water partition coefficient (Wildman–Crippen LogP) is 1.71. The molecule has 2 aromatic rings. The maximum absolute atomic E-state index is 13.6. The summed E-state index contributed by atoms with van der Waals surface area (Å²) in [5.41, 5.74) is -1.27. The highest BCUT2D eigenvalue weighted by atomic mass is 32.1. The predicted molar refractivity (Wildman–Crippen MR) is 108 cm³/mol. The van der Waals surface area contributed by atoms with Crippen LogP contribution in [0.1, 0.15) is 21.8 Å². The summed E-state index contributed by atoms with van der Waals surface area (Å²) < 4.78 is 4.97. The minimum atomic E-state index is -2.03. The van der Waals surface area contributed by atoms with Gasteiger partial charge in [-0.3, -0.25) is 9.59 Å². The molecule has 1 saturated heterocycles. The van der Waals surface area contributed by atoms with Crippen molar-refractivity contribution in [3.8, 4) is 6.07 Å². The number of methoxy groups -OCH3 is 1. The second kappa shape index (κ2) is 8.20. The molecule has 0 aromatic heterocycles. The molecule has 0 saturated carbocycles. The van der Waals surface area contributed by atoms with E-state index >= 15 is 0 Å². The highest BCUT2D eigenvalue weighted by Crippen LogP contribution is 2.39. The molecule has 7 nitrogen and oxygen atoms in total. The molecule has 0 aliphatic carbocycles. The number of nitrogens with zero attached hydrogens (tertiary/aromatic N) is 1. The Labute approximate surface area is 172 Å². The van der Waals surface area contributed by atoms with Crippen LogP contribution in [0.15, 0.2) is 60.7 Å². The molecule has 0 radical (unpaired) electrons. The standard InChI is InChI=1S/C21H17N3O4S/c1-28-19(27)21(15(12-22)18(26)23-20(29)24-21)16(13-8-4-2-5-9-13)17(25)14-10-6-3-7-11-14/h2-11,15-16H,1H3,(H2,23,24,26,29)/t15-,16-,21-/m0/s1. The third kappa shape index (κ3) is 3.48. The Hall–Kier alpha value is -3.57. The molecule has 0 spiro atoms. The molecule has 0 bridgehead atoms. The number of Topliss-reactive ketones (excluding diaryl/α,β-unsaturated/α-hetero) is 1. The Morgan fingerprint density at radius 1 is 1.14 bits per heavy atom. The van der Waals surface area contributed by atoms with E-state index in [1.165, 1.54) is 0 Å². The van der Waals surface area contributed by atoms with Gasteiger partial charge in [-0.05, 0) is 17.8 Å². The second-order valence-electron chi connectivity index (χ2n) is 6.44. The fourth-order valence-electron chi connectivity index (χ4n) is 3.57. The van der Waals surface area contributed by atoms with Crippen LogP contribution in [0.25, 0.3) is 0 Å². The number of hydrogen-bond donors (Lipinski definition) is 2. The van der Waals surface area contributed by atoms with Crippen LogP contribution in [0.2, 0.25) is 0 Å². The molecule has 1 amide bonds. The normalized spacial score (nSPS) is 21.9. The molecule has 3 atom stereocenters. The molecule has 29 heavy (non-hydrogen) atoms. The Morgan fingerprint density at radius 2 is 1.72 bits per heavy atom. The van der Waals surface area contributed by atoms with Crippen LogP contribution in [0.3, 0.4) is 0 Å². The first-order valence-electron chi connectivity index (χ1n) is 8.71. The van der Waals surface area contributed by atoms with Crippen molar-refractivity contribution in [2.45, 2.75) is 11.5 Å². The number of benzene rings is 2. The van der Waals surface area contributed by atoms with Gasteiger partial charge in [0.2, 0.25) is 5.91 Å². The monoisotopic (exact) mass is 407 g/mol. The summed E-state index contributed by atoms with van der Waals surface area (Å²) >= 11 is 5.10. The largest absolute Gasteiger partial charge is 0.467 e. The lowest BCUT2D eigenvalue weighted by Gasteiger charge is -2.43. The molecular weight excluding hydrogens is 390 g/mol. The second-order valence-corrected chi connectivity index (χ2v) is 6.85. The summed E-state index contributed by atoms with van der Waals surface area (Å²) in [6.45, 7) is 0. The number of thiocarbonyl (C=S) groups is 1. The molecule has 2 N–H and O–H groups in total. The summed E-state index contributed by atoms with van der Waals surface area (Å²) in [4.78, 5) is 39.3. The molecule has 3 rings (SSSR count). The van der Waals surface area contributed by atoms with Crippen molar-refractivity contribution in [3.05, 3.63) is 71.8 Å². The highest BCUT2D eigenvalue weighted by molar-refractivity contribution is 7.80. The van der Waals surface area contributed by atoms with Gasteiger partial charge in [-0.2, -0.15) is 5.26 Å². The van der Waals surface area contributed by atoms with Gasteiger partial charge in [-0.25, -0.2) is 4.79 Å². The van der Waals surface area contributed by atoms with Crippen molar-refractivity contribution in [2.24, 2.45) is 5.92 Å². The van der Waals surface area contributed by atoms with E-state index in [2.05, 4.69) is 10.6 Å². The Bertz CT molecular complexity index is 1000. The number of nitrogens with one attached hydrogen (secondary N) is 2. The number of amides is 1. The zero-order chi connectivity index (χ0) is 21.0. The van der Waals surface area contributed by atoms with E-state index in [4.69, 9.17) is 17.0 Å². The van der Waals surface area contributed by atoms with Gasteiger partial charge in [0.25, 0.3) is 0 Å². The van der Waals surface area contributed by atoms with Crippen molar-refractivity contribution in [3.63, 3.8) is 0 Å². The smallest absolute Gasteiger partial charge is 0.334 e. The fourth-order valence-corrected chi connectivity index (χ4v) is 3.84. The minimum absolute atomic E-state index is 0.159. The summed E-state index contributed by atoms with van der Waals surface area (Å²) in [6, 6.07) is 18.7. The van der Waals surface area contributed by atoms with Crippen LogP contribution >= 0.6 is 12.2 Å². The number of carbonyl (C=O) groups is 3. The van der Waals surface area contributed by atoms with Crippen LogP contribution in [-0.2, 0) is 14.3 Å². The van der Waals surface area contributed by atoms with Gasteiger partial charge < -0.3 is 15.4 Å². The molecule has 1 fully saturated rings. The number of hydrogen-bond acceptors (Lipinski definition) is 6. The fraction of sp³-hybridized carbons (Fsp3) is 0.190. The van der Waals surface area contributed by atoms with Gasteiger partial charge in [-0.15, -0.1) is 0 Å². The van der Waals surface area contributed by atoms with Crippen LogP contribution in [0, 0.1) is 17.2 Å². The zero-order valence-electron chi connectivity index (χ0n) is 15.4. The lowest BCUT2D eigenvalue weighted by Crippen LogP contribution is -2.73.